The van der Waals surface area contributed by atoms with E-state index in [9.17, 15) is 8.42 Å². The van der Waals surface area contributed by atoms with E-state index in [1.165, 1.54) is 10.6 Å². The number of hydrogen-bond donors (Lipinski definition) is 1. The Balaban J connectivity index is 1.92. The lowest BCUT2D eigenvalue weighted by Crippen LogP contribution is -2.56. The van der Waals surface area contributed by atoms with Crippen LogP contribution in [0.15, 0.2) is 0 Å². The van der Waals surface area contributed by atoms with Gasteiger partial charge in [-0.25, -0.2) is 8.42 Å². The summed E-state index contributed by atoms with van der Waals surface area (Å²) in [7, 11) is -3.07. The molecule has 2 N–H and O–H groups in total. The summed E-state index contributed by atoms with van der Waals surface area (Å²) in [4.78, 5) is 2.28. The molecule has 2 aliphatic rings. The van der Waals surface area contributed by atoms with E-state index >= 15 is 0 Å². The highest BCUT2D eigenvalue weighted by molar-refractivity contribution is 7.88. The van der Waals surface area contributed by atoms with Gasteiger partial charge in [0.15, 0.2) is 0 Å². The molecule has 0 saturated carbocycles. The molecule has 2 heterocycles. The van der Waals surface area contributed by atoms with Crippen molar-refractivity contribution in [3.63, 3.8) is 0 Å². The molecule has 2 rings (SSSR count). The zero-order valence-corrected chi connectivity index (χ0v) is 12.6. The standard InChI is InChI=1S/C12H25N3O3S/c1-10-3-4-12(18-10)11(9-13)14-5-7-15(8-6-14)19(2,16)17/h10-12H,3-9,13H2,1-2H3. The molecule has 7 heteroatoms. The van der Waals surface area contributed by atoms with Crippen molar-refractivity contribution in [2.24, 2.45) is 5.73 Å². The summed E-state index contributed by atoms with van der Waals surface area (Å²) in [6.07, 6.45) is 3.92. The third kappa shape index (κ3) is 3.66. The van der Waals surface area contributed by atoms with Crippen molar-refractivity contribution < 1.29 is 13.2 Å². The van der Waals surface area contributed by atoms with Crippen molar-refractivity contribution >= 4 is 10.0 Å². The van der Waals surface area contributed by atoms with Gasteiger partial charge in [-0.1, -0.05) is 0 Å². The molecular weight excluding hydrogens is 266 g/mol. The Kier molecular flexibility index (Phi) is 4.84. The molecule has 0 spiro atoms. The highest BCUT2D eigenvalue weighted by Gasteiger charge is 2.35. The van der Waals surface area contributed by atoms with E-state index in [0.717, 1.165) is 25.9 Å². The maximum absolute atomic E-state index is 11.5. The van der Waals surface area contributed by atoms with Crippen molar-refractivity contribution in [2.45, 2.75) is 38.0 Å². The van der Waals surface area contributed by atoms with Crippen LogP contribution in [-0.4, -0.2) is 74.9 Å². The van der Waals surface area contributed by atoms with E-state index in [2.05, 4.69) is 11.8 Å². The van der Waals surface area contributed by atoms with Crippen molar-refractivity contribution in [3.8, 4) is 0 Å². The predicted molar refractivity (Wildman–Crippen MR) is 74.4 cm³/mol. The summed E-state index contributed by atoms with van der Waals surface area (Å²) in [6, 6.07) is 0.215. The summed E-state index contributed by atoms with van der Waals surface area (Å²) < 4.78 is 30.4. The second-order valence-electron chi connectivity index (χ2n) is 5.56. The van der Waals surface area contributed by atoms with Crippen molar-refractivity contribution in [1.29, 1.82) is 0 Å². The lowest BCUT2D eigenvalue weighted by Gasteiger charge is -2.40. The first-order chi connectivity index (χ1) is 8.91. The fraction of sp³-hybridized carbons (Fsp3) is 1.00. The smallest absolute Gasteiger partial charge is 0.211 e. The van der Waals surface area contributed by atoms with E-state index in [-0.39, 0.29) is 12.1 Å². The monoisotopic (exact) mass is 291 g/mol. The molecule has 0 amide bonds. The fourth-order valence-electron chi connectivity index (χ4n) is 3.02. The predicted octanol–water partition coefficient (Wildman–Crippen LogP) is -0.542. The SMILES string of the molecule is CC1CCC(C(CN)N2CCN(S(C)(=O)=O)CC2)O1. The van der Waals surface area contributed by atoms with Crippen molar-refractivity contribution in [2.75, 3.05) is 39.0 Å². The summed E-state index contributed by atoms with van der Waals surface area (Å²) in [6.45, 7) is 5.24. The van der Waals surface area contributed by atoms with Gasteiger partial charge in [0.05, 0.1) is 18.5 Å². The molecule has 3 atom stereocenters. The first-order valence-electron chi connectivity index (χ1n) is 6.96. The third-order valence-corrected chi connectivity index (χ3v) is 5.45. The van der Waals surface area contributed by atoms with Crippen LogP contribution < -0.4 is 5.73 Å². The highest BCUT2D eigenvalue weighted by atomic mass is 32.2. The van der Waals surface area contributed by atoms with Gasteiger partial charge in [-0.15, -0.1) is 0 Å². The van der Waals surface area contributed by atoms with Gasteiger partial charge < -0.3 is 10.5 Å². The molecule has 2 aliphatic heterocycles. The number of rotatable bonds is 4. The molecule has 19 heavy (non-hydrogen) atoms. The van der Waals surface area contributed by atoms with Gasteiger partial charge in [0.2, 0.25) is 10.0 Å². The number of sulfonamides is 1. The van der Waals surface area contributed by atoms with Crippen molar-refractivity contribution in [3.05, 3.63) is 0 Å². The van der Waals surface area contributed by atoms with E-state index in [4.69, 9.17) is 10.5 Å². The molecule has 2 saturated heterocycles. The number of nitrogens with zero attached hydrogens (tertiary/aromatic N) is 2. The molecule has 3 unspecified atom stereocenters. The number of nitrogens with two attached hydrogens (primary N) is 1. The molecule has 0 aromatic rings. The Morgan fingerprint density at radius 1 is 1.26 bits per heavy atom. The fourth-order valence-corrected chi connectivity index (χ4v) is 3.85. The van der Waals surface area contributed by atoms with Crippen LogP contribution in [0.1, 0.15) is 19.8 Å². The number of ether oxygens (including phenoxy) is 1. The largest absolute Gasteiger partial charge is 0.374 e. The molecule has 0 radical (unpaired) electrons. The van der Waals surface area contributed by atoms with Gasteiger partial charge in [0.1, 0.15) is 0 Å². The average molecular weight is 291 g/mol. The molecule has 0 aromatic carbocycles. The van der Waals surface area contributed by atoms with Gasteiger partial charge in [-0.3, -0.25) is 4.90 Å². The van der Waals surface area contributed by atoms with Crippen LogP contribution in [0.4, 0.5) is 0 Å². The summed E-state index contributed by atoms with van der Waals surface area (Å²) in [5, 5.41) is 0. The Morgan fingerprint density at radius 3 is 2.32 bits per heavy atom. The lowest BCUT2D eigenvalue weighted by molar-refractivity contribution is -0.0121. The minimum atomic E-state index is -3.07. The highest BCUT2D eigenvalue weighted by Crippen LogP contribution is 2.25. The molecule has 0 aromatic heterocycles. The van der Waals surface area contributed by atoms with Crippen molar-refractivity contribution in [1.82, 2.24) is 9.21 Å². The molecule has 0 bridgehead atoms. The summed E-state index contributed by atoms with van der Waals surface area (Å²) in [5.74, 6) is 0. The third-order valence-electron chi connectivity index (χ3n) is 4.15. The van der Waals surface area contributed by atoms with Crippen LogP contribution in [0.3, 0.4) is 0 Å². The van der Waals surface area contributed by atoms with Crippen LogP contribution in [0.5, 0.6) is 0 Å². The van der Waals surface area contributed by atoms with E-state index in [1.54, 1.807) is 0 Å². The maximum Gasteiger partial charge on any atom is 0.211 e. The van der Waals surface area contributed by atoms with Gasteiger partial charge >= 0.3 is 0 Å². The van der Waals surface area contributed by atoms with Gasteiger partial charge in [-0.2, -0.15) is 4.31 Å². The topological polar surface area (TPSA) is 75.9 Å². The molecular formula is C12H25N3O3S. The maximum atomic E-state index is 11.5. The van der Waals surface area contributed by atoms with Gasteiger partial charge in [0, 0.05) is 38.8 Å². The van der Waals surface area contributed by atoms with Crippen LogP contribution in [0, 0.1) is 0 Å². The van der Waals surface area contributed by atoms with Crippen LogP contribution in [-0.2, 0) is 14.8 Å². The average Bonchev–Trinajstić information content (AvgIpc) is 2.76. The van der Waals surface area contributed by atoms with E-state index in [0.29, 0.717) is 25.7 Å². The lowest BCUT2D eigenvalue weighted by atomic mass is 10.1. The first-order valence-corrected chi connectivity index (χ1v) is 8.81. The Bertz CT molecular complexity index is 393. The Hall–Kier alpha value is -0.210. The Labute approximate surface area is 115 Å². The van der Waals surface area contributed by atoms with Crippen LogP contribution in [0.2, 0.25) is 0 Å². The van der Waals surface area contributed by atoms with E-state index in [1.807, 2.05) is 0 Å². The zero-order valence-electron chi connectivity index (χ0n) is 11.8. The summed E-state index contributed by atoms with van der Waals surface area (Å²) >= 11 is 0. The minimum absolute atomic E-state index is 0.199. The Morgan fingerprint density at radius 2 is 1.89 bits per heavy atom. The minimum Gasteiger partial charge on any atom is -0.374 e. The molecule has 112 valence electrons. The normalized spacial score (nSPS) is 32.6. The van der Waals surface area contributed by atoms with Crippen LogP contribution >= 0.6 is 0 Å². The van der Waals surface area contributed by atoms with Crippen LogP contribution in [0.25, 0.3) is 0 Å². The van der Waals surface area contributed by atoms with Gasteiger partial charge in [0.25, 0.3) is 0 Å². The second kappa shape index (κ2) is 6.05. The second-order valence-corrected chi connectivity index (χ2v) is 7.55. The molecule has 0 aliphatic carbocycles. The molecule has 6 nitrogen and oxygen atoms in total. The van der Waals surface area contributed by atoms with Gasteiger partial charge in [-0.05, 0) is 19.8 Å². The molecule has 2 fully saturated rings. The van der Waals surface area contributed by atoms with E-state index < -0.39 is 10.0 Å². The quantitative estimate of drug-likeness (QED) is 0.753. The summed E-state index contributed by atoms with van der Waals surface area (Å²) in [5.41, 5.74) is 5.90. The number of hydrogen-bond acceptors (Lipinski definition) is 5. The number of piperazine rings is 1. The first kappa shape index (κ1) is 15.2. The zero-order chi connectivity index (χ0) is 14.0.